The third-order valence-corrected chi connectivity index (χ3v) is 3.86. The molecule has 2 atom stereocenters. The van der Waals surface area contributed by atoms with Crippen LogP contribution in [0.3, 0.4) is 0 Å². The van der Waals surface area contributed by atoms with E-state index in [0.29, 0.717) is 13.2 Å². The van der Waals surface area contributed by atoms with E-state index in [9.17, 15) is 4.79 Å². The van der Waals surface area contributed by atoms with Gasteiger partial charge >= 0.3 is 0 Å². The van der Waals surface area contributed by atoms with Crippen molar-refractivity contribution in [1.82, 2.24) is 5.32 Å². The average Bonchev–Trinajstić information content (AvgIpc) is 2.46. The molecule has 1 unspecified atom stereocenters. The van der Waals surface area contributed by atoms with Crippen LogP contribution in [-0.4, -0.2) is 38.8 Å². The van der Waals surface area contributed by atoms with Crippen molar-refractivity contribution in [3.63, 3.8) is 0 Å². The van der Waals surface area contributed by atoms with Gasteiger partial charge in [0.1, 0.15) is 6.54 Å². The van der Waals surface area contributed by atoms with Crippen molar-refractivity contribution in [3.8, 4) is 0 Å². The van der Waals surface area contributed by atoms with Gasteiger partial charge in [0.15, 0.2) is 6.04 Å². The van der Waals surface area contributed by atoms with Crippen LogP contribution in [-0.2, 0) is 22.5 Å². The van der Waals surface area contributed by atoms with Gasteiger partial charge in [-0.1, -0.05) is 24.3 Å². The van der Waals surface area contributed by atoms with Gasteiger partial charge in [-0.25, -0.2) is 0 Å². The van der Waals surface area contributed by atoms with Crippen LogP contribution in [0, 0.1) is 0 Å². The molecule has 19 heavy (non-hydrogen) atoms. The number of fused-ring (bicyclic) bond motifs is 1. The largest absolute Gasteiger partial charge is 0.383 e. The van der Waals surface area contributed by atoms with E-state index in [2.05, 4.69) is 29.6 Å². The molecule has 0 saturated heterocycles. The van der Waals surface area contributed by atoms with Crippen LogP contribution in [0.15, 0.2) is 24.3 Å². The van der Waals surface area contributed by atoms with Gasteiger partial charge < -0.3 is 15.0 Å². The molecule has 0 aliphatic carbocycles. The smallest absolute Gasteiger partial charge is 0.278 e. The van der Waals surface area contributed by atoms with Gasteiger partial charge in [-0.15, -0.1) is 0 Å². The van der Waals surface area contributed by atoms with Gasteiger partial charge in [0.05, 0.1) is 13.2 Å². The van der Waals surface area contributed by atoms with Gasteiger partial charge in [0.2, 0.25) is 0 Å². The van der Waals surface area contributed by atoms with Crippen molar-refractivity contribution in [1.29, 1.82) is 0 Å². The van der Waals surface area contributed by atoms with E-state index in [-0.39, 0.29) is 11.9 Å². The summed E-state index contributed by atoms with van der Waals surface area (Å²) in [5.41, 5.74) is 2.80. The number of carbonyl (C=O) groups is 1. The van der Waals surface area contributed by atoms with E-state index in [0.717, 1.165) is 19.5 Å². The van der Waals surface area contributed by atoms with Crippen molar-refractivity contribution >= 4 is 5.91 Å². The van der Waals surface area contributed by atoms with Gasteiger partial charge in [-0.05, 0) is 12.5 Å². The first-order valence-electron chi connectivity index (χ1n) is 6.90. The highest BCUT2D eigenvalue weighted by atomic mass is 16.5. The molecule has 0 fully saturated rings. The Hall–Kier alpha value is -1.39. The molecule has 1 heterocycles. The molecule has 4 heteroatoms. The average molecular weight is 263 g/mol. The fourth-order valence-corrected chi connectivity index (χ4v) is 2.59. The molecule has 0 bridgehead atoms. The summed E-state index contributed by atoms with van der Waals surface area (Å²) in [6, 6.07) is 8.51. The minimum absolute atomic E-state index is 0.00906. The first-order chi connectivity index (χ1) is 9.22. The Morgan fingerprint density at radius 2 is 2.16 bits per heavy atom. The van der Waals surface area contributed by atoms with E-state index in [1.54, 1.807) is 7.11 Å². The Morgan fingerprint density at radius 1 is 1.42 bits per heavy atom. The van der Waals surface area contributed by atoms with Crippen LogP contribution in [0.2, 0.25) is 0 Å². The summed E-state index contributed by atoms with van der Waals surface area (Å²) in [6.07, 6.45) is 1.06. The number of quaternary nitrogens is 1. The van der Waals surface area contributed by atoms with Gasteiger partial charge in [0, 0.05) is 25.6 Å². The second kappa shape index (κ2) is 6.68. The predicted molar refractivity (Wildman–Crippen MR) is 74.0 cm³/mol. The van der Waals surface area contributed by atoms with E-state index in [1.165, 1.54) is 16.0 Å². The molecule has 0 saturated carbocycles. The van der Waals surface area contributed by atoms with Gasteiger partial charge in [-0.3, -0.25) is 4.79 Å². The number of rotatable bonds is 5. The van der Waals surface area contributed by atoms with Crippen LogP contribution in [0.1, 0.15) is 18.1 Å². The standard InChI is InChI=1S/C15H22N2O2/c1-12(15(18)16-8-10-19-2)17-9-7-13-5-3-4-6-14(13)11-17/h3-6,12H,7-11H2,1-2H3,(H,16,18)/p+1/t12-/m0/s1. The molecular weight excluding hydrogens is 240 g/mol. The van der Waals surface area contributed by atoms with Crippen molar-refractivity contribution in [2.24, 2.45) is 0 Å². The molecule has 0 radical (unpaired) electrons. The lowest BCUT2D eigenvalue weighted by atomic mass is 9.99. The highest BCUT2D eigenvalue weighted by molar-refractivity contribution is 5.79. The second-order valence-electron chi connectivity index (χ2n) is 5.11. The molecule has 0 spiro atoms. The Balaban J connectivity index is 1.91. The van der Waals surface area contributed by atoms with Crippen LogP contribution in [0.25, 0.3) is 0 Å². The van der Waals surface area contributed by atoms with E-state index < -0.39 is 0 Å². The lowest BCUT2D eigenvalue weighted by Crippen LogP contribution is -3.16. The first-order valence-corrected chi connectivity index (χ1v) is 6.90. The normalized spacial score (nSPS) is 19.6. The summed E-state index contributed by atoms with van der Waals surface area (Å²) >= 11 is 0. The predicted octanol–water partition coefficient (Wildman–Crippen LogP) is -0.221. The number of hydrogen-bond acceptors (Lipinski definition) is 2. The second-order valence-corrected chi connectivity index (χ2v) is 5.11. The molecule has 0 aromatic heterocycles. The summed E-state index contributed by atoms with van der Waals surface area (Å²) in [6.45, 7) is 5.12. The highest BCUT2D eigenvalue weighted by Gasteiger charge is 2.28. The molecule has 2 rings (SSSR count). The molecule has 2 N–H and O–H groups in total. The number of carbonyl (C=O) groups excluding carboxylic acids is 1. The maximum absolute atomic E-state index is 12.0. The highest BCUT2D eigenvalue weighted by Crippen LogP contribution is 2.10. The van der Waals surface area contributed by atoms with E-state index >= 15 is 0 Å². The van der Waals surface area contributed by atoms with Gasteiger partial charge in [-0.2, -0.15) is 0 Å². The van der Waals surface area contributed by atoms with Gasteiger partial charge in [0.25, 0.3) is 5.91 Å². The summed E-state index contributed by atoms with van der Waals surface area (Å²) in [5.74, 6) is 0.117. The third kappa shape index (κ3) is 3.55. The minimum Gasteiger partial charge on any atom is -0.383 e. The van der Waals surface area contributed by atoms with E-state index in [4.69, 9.17) is 4.74 Å². The minimum atomic E-state index is -0.00906. The van der Waals surface area contributed by atoms with Crippen molar-refractivity contribution in [2.75, 3.05) is 26.8 Å². The Labute approximate surface area is 114 Å². The molecular formula is C15H23N2O2+. The van der Waals surface area contributed by atoms with Crippen LogP contribution >= 0.6 is 0 Å². The number of methoxy groups -OCH3 is 1. The van der Waals surface area contributed by atoms with Crippen LogP contribution in [0.4, 0.5) is 0 Å². The van der Waals surface area contributed by atoms with E-state index in [1.807, 2.05) is 6.92 Å². The first kappa shape index (κ1) is 14.0. The molecule has 1 amide bonds. The van der Waals surface area contributed by atoms with Crippen molar-refractivity contribution in [2.45, 2.75) is 25.9 Å². The van der Waals surface area contributed by atoms with Crippen LogP contribution in [0.5, 0.6) is 0 Å². The van der Waals surface area contributed by atoms with Crippen LogP contribution < -0.4 is 10.2 Å². The number of ether oxygens (including phenoxy) is 1. The number of hydrogen-bond donors (Lipinski definition) is 2. The molecule has 1 aromatic rings. The lowest BCUT2D eigenvalue weighted by molar-refractivity contribution is -0.929. The quantitative estimate of drug-likeness (QED) is 0.721. The summed E-state index contributed by atoms with van der Waals surface area (Å²) in [5, 5.41) is 2.92. The Bertz CT molecular complexity index is 434. The zero-order chi connectivity index (χ0) is 13.7. The molecule has 1 aliphatic heterocycles. The molecule has 1 aromatic carbocycles. The Kier molecular flexibility index (Phi) is 4.93. The summed E-state index contributed by atoms with van der Waals surface area (Å²) < 4.78 is 4.94. The molecule has 104 valence electrons. The monoisotopic (exact) mass is 263 g/mol. The summed E-state index contributed by atoms with van der Waals surface area (Å²) in [4.78, 5) is 13.4. The zero-order valence-electron chi connectivity index (χ0n) is 11.7. The number of benzene rings is 1. The number of amides is 1. The SMILES string of the molecule is COCCNC(=O)[C@H](C)[NH+]1CCc2ccccc2C1. The summed E-state index contributed by atoms with van der Waals surface area (Å²) in [7, 11) is 1.64. The molecule has 4 nitrogen and oxygen atoms in total. The maximum atomic E-state index is 12.0. The van der Waals surface area contributed by atoms with Crippen molar-refractivity contribution < 1.29 is 14.4 Å². The fraction of sp³-hybridized carbons (Fsp3) is 0.533. The lowest BCUT2D eigenvalue weighted by Gasteiger charge is -2.30. The third-order valence-electron chi connectivity index (χ3n) is 3.86. The maximum Gasteiger partial charge on any atom is 0.278 e. The number of nitrogens with one attached hydrogen (secondary N) is 2. The fourth-order valence-electron chi connectivity index (χ4n) is 2.59. The Morgan fingerprint density at radius 3 is 2.89 bits per heavy atom. The van der Waals surface area contributed by atoms with Crippen molar-refractivity contribution in [3.05, 3.63) is 35.4 Å². The topological polar surface area (TPSA) is 42.8 Å². The molecule has 1 aliphatic rings. The zero-order valence-corrected chi connectivity index (χ0v) is 11.7.